The normalized spacial score (nSPS) is 19.4. The van der Waals surface area contributed by atoms with Gasteiger partial charge in [0.2, 0.25) is 0 Å². The predicted molar refractivity (Wildman–Crippen MR) is 192 cm³/mol. The number of hydrogen-bond acceptors (Lipinski definition) is 4. The molecule has 0 spiro atoms. The first-order valence-electron chi connectivity index (χ1n) is 15.5. The molecule has 0 aliphatic carbocycles. The lowest BCUT2D eigenvalue weighted by molar-refractivity contribution is 0.388. The van der Waals surface area contributed by atoms with Crippen molar-refractivity contribution < 1.29 is 0 Å². The molecule has 2 heterocycles. The molecule has 0 saturated carbocycles. The molecule has 2 aliphatic rings. The summed E-state index contributed by atoms with van der Waals surface area (Å²) in [4.78, 5) is 10.6. The van der Waals surface area contributed by atoms with E-state index in [0.717, 1.165) is 26.2 Å². The Bertz CT molecular complexity index is 1430. The first-order valence-corrected chi connectivity index (χ1v) is 18.3. The second-order valence-electron chi connectivity index (χ2n) is 11.6. The maximum atomic E-state index is 2.71. The Balaban J connectivity index is 1.32. The van der Waals surface area contributed by atoms with Crippen molar-refractivity contribution in [3.8, 4) is 0 Å². The predicted octanol–water partition coefficient (Wildman–Crippen LogP) is 6.02. The van der Waals surface area contributed by atoms with E-state index in [1.54, 1.807) is 0 Å². The molecule has 4 nitrogen and oxygen atoms in total. The van der Waals surface area contributed by atoms with E-state index in [1.165, 1.54) is 32.6 Å². The number of hydrogen-bond donors (Lipinski definition) is 0. The molecule has 0 bridgehead atoms. The maximum absolute atomic E-state index is 2.71. The zero-order valence-electron chi connectivity index (χ0n) is 25.5. The van der Waals surface area contributed by atoms with E-state index in [2.05, 4.69) is 179 Å². The molecular weight excluding hydrogens is 574 g/mol. The second-order valence-corrected chi connectivity index (χ2v) is 16.1. The molecule has 222 valence electrons. The molecule has 0 radical (unpaired) electrons. The minimum absolute atomic E-state index is 0.263. The molecule has 44 heavy (non-hydrogen) atoms. The first kappa shape index (κ1) is 29.2. The van der Waals surface area contributed by atoms with Gasteiger partial charge in [0.25, 0.3) is 0 Å². The maximum Gasteiger partial charge on any atom is 0.110 e. The number of anilines is 2. The monoisotopic (exact) mass is 614 g/mol. The lowest BCUT2D eigenvalue weighted by atomic mass is 10.2. The SMILES string of the molecule is CN1CCN(c2ccccc2N2CCN(C)C2P(c2ccccc2)c2ccccc2)C1P(c1ccccc1)c1ccccc1. The molecular formula is C38H40N4P2. The number of nitrogens with zero attached hydrogens (tertiary/aromatic N) is 4. The third-order valence-electron chi connectivity index (χ3n) is 8.83. The summed E-state index contributed by atoms with van der Waals surface area (Å²) < 4.78 is 0. The number of likely N-dealkylation sites (N-methyl/N-ethyl adjacent to an activating group) is 2. The van der Waals surface area contributed by atoms with Gasteiger partial charge in [0.1, 0.15) is 11.8 Å². The Morgan fingerprint density at radius 2 is 0.659 bits per heavy atom. The highest BCUT2D eigenvalue weighted by Crippen LogP contribution is 2.51. The first-order chi connectivity index (χ1) is 21.7. The fourth-order valence-corrected chi connectivity index (χ4v) is 12.5. The van der Waals surface area contributed by atoms with E-state index < -0.39 is 15.8 Å². The number of para-hydroxylation sites is 2. The van der Waals surface area contributed by atoms with Crippen LogP contribution < -0.4 is 31.0 Å². The van der Waals surface area contributed by atoms with Gasteiger partial charge in [0.05, 0.1) is 11.4 Å². The van der Waals surface area contributed by atoms with Crippen LogP contribution in [0.2, 0.25) is 0 Å². The highest BCUT2D eigenvalue weighted by atomic mass is 31.1. The van der Waals surface area contributed by atoms with Crippen molar-refractivity contribution >= 4 is 48.4 Å². The zero-order chi connectivity index (χ0) is 29.9. The third kappa shape index (κ3) is 5.69. The molecule has 0 aromatic heterocycles. The van der Waals surface area contributed by atoms with Gasteiger partial charge in [-0.05, 0) is 63.3 Å². The Hall–Kier alpha value is -3.52. The van der Waals surface area contributed by atoms with Crippen LogP contribution in [-0.2, 0) is 0 Å². The molecule has 2 aliphatic heterocycles. The van der Waals surface area contributed by atoms with Gasteiger partial charge in [-0.1, -0.05) is 133 Å². The molecule has 5 aromatic carbocycles. The van der Waals surface area contributed by atoms with Crippen molar-refractivity contribution in [1.29, 1.82) is 0 Å². The molecule has 6 heteroatoms. The largest absolute Gasteiger partial charge is 0.348 e. The van der Waals surface area contributed by atoms with Crippen LogP contribution in [0.1, 0.15) is 0 Å². The van der Waals surface area contributed by atoms with Crippen LogP contribution in [0.25, 0.3) is 0 Å². The van der Waals surface area contributed by atoms with Gasteiger partial charge in [-0.25, -0.2) is 0 Å². The Morgan fingerprint density at radius 1 is 0.386 bits per heavy atom. The summed E-state index contributed by atoms with van der Waals surface area (Å²) in [5.41, 5.74) is 2.69. The highest BCUT2D eigenvalue weighted by Gasteiger charge is 2.42. The third-order valence-corrected chi connectivity index (χ3v) is 14.5. The van der Waals surface area contributed by atoms with Gasteiger partial charge in [-0.15, -0.1) is 0 Å². The van der Waals surface area contributed by atoms with E-state index in [4.69, 9.17) is 0 Å². The smallest absolute Gasteiger partial charge is 0.110 e. The molecule has 0 N–H and O–H groups in total. The lowest BCUT2D eigenvalue weighted by Crippen LogP contribution is -2.43. The van der Waals surface area contributed by atoms with Crippen molar-refractivity contribution in [1.82, 2.24) is 9.80 Å². The highest BCUT2D eigenvalue weighted by molar-refractivity contribution is 7.74. The minimum Gasteiger partial charge on any atom is -0.348 e. The zero-order valence-corrected chi connectivity index (χ0v) is 27.3. The number of benzene rings is 5. The molecule has 5 aromatic rings. The number of rotatable bonds is 8. The van der Waals surface area contributed by atoms with Crippen LogP contribution in [0.5, 0.6) is 0 Å². The van der Waals surface area contributed by atoms with Crippen LogP contribution in [-0.4, -0.2) is 61.9 Å². The van der Waals surface area contributed by atoms with Crippen LogP contribution in [0.3, 0.4) is 0 Å². The summed E-state index contributed by atoms with van der Waals surface area (Å²) in [7, 11) is 3.31. The summed E-state index contributed by atoms with van der Waals surface area (Å²) in [5.74, 6) is 0.527. The van der Waals surface area contributed by atoms with E-state index in [-0.39, 0.29) is 11.8 Å². The van der Waals surface area contributed by atoms with Crippen LogP contribution in [0.15, 0.2) is 146 Å². The van der Waals surface area contributed by atoms with Crippen molar-refractivity contribution in [2.75, 3.05) is 50.1 Å². The lowest BCUT2D eigenvalue weighted by Gasteiger charge is -2.41. The fourth-order valence-electron chi connectivity index (χ4n) is 6.77. The van der Waals surface area contributed by atoms with Gasteiger partial charge in [0.15, 0.2) is 0 Å². The quantitative estimate of drug-likeness (QED) is 0.198. The van der Waals surface area contributed by atoms with Gasteiger partial charge in [-0.2, -0.15) is 0 Å². The minimum atomic E-state index is -0.656. The summed E-state index contributed by atoms with van der Waals surface area (Å²) >= 11 is 0. The van der Waals surface area contributed by atoms with E-state index in [9.17, 15) is 0 Å². The molecule has 2 unspecified atom stereocenters. The Morgan fingerprint density at radius 3 is 0.955 bits per heavy atom. The molecule has 2 atom stereocenters. The average Bonchev–Trinajstić information content (AvgIpc) is 3.65. The van der Waals surface area contributed by atoms with E-state index in [0.29, 0.717) is 0 Å². The molecule has 7 rings (SSSR count). The summed E-state index contributed by atoms with van der Waals surface area (Å²) in [6.45, 7) is 4.11. The van der Waals surface area contributed by atoms with Crippen molar-refractivity contribution in [2.24, 2.45) is 0 Å². The summed E-state index contributed by atoms with van der Waals surface area (Å²) in [5, 5.41) is 5.69. The van der Waals surface area contributed by atoms with Gasteiger partial charge >= 0.3 is 0 Å². The standard InChI is InChI=1S/C38H40N4P2/c1-39-27-29-41(37(39)43(31-17-7-3-8-18-31)32-19-9-4-10-20-32)35-25-15-16-26-36(35)42-30-28-40(2)38(42)44(33-21-11-5-12-22-33)34-23-13-6-14-24-34/h3-26,37-38H,27-30H2,1-2H3. The van der Waals surface area contributed by atoms with Crippen molar-refractivity contribution in [2.45, 2.75) is 11.8 Å². The molecule has 2 fully saturated rings. The topological polar surface area (TPSA) is 13.0 Å². The molecule has 0 amide bonds. The van der Waals surface area contributed by atoms with Gasteiger partial charge < -0.3 is 9.80 Å². The Labute approximate surface area is 265 Å². The van der Waals surface area contributed by atoms with Gasteiger partial charge in [0, 0.05) is 26.2 Å². The van der Waals surface area contributed by atoms with Crippen molar-refractivity contribution in [3.63, 3.8) is 0 Å². The van der Waals surface area contributed by atoms with E-state index in [1.807, 2.05) is 0 Å². The second kappa shape index (κ2) is 13.2. The average molecular weight is 615 g/mol. The summed E-state index contributed by atoms with van der Waals surface area (Å²) in [6, 6.07) is 53.9. The fraction of sp³-hybridized carbons (Fsp3) is 0.211. The van der Waals surface area contributed by atoms with E-state index >= 15 is 0 Å². The van der Waals surface area contributed by atoms with Crippen LogP contribution in [0.4, 0.5) is 11.4 Å². The van der Waals surface area contributed by atoms with Crippen LogP contribution >= 0.6 is 15.8 Å². The van der Waals surface area contributed by atoms with Crippen molar-refractivity contribution in [3.05, 3.63) is 146 Å². The van der Waals surface area contributed by atoms with Gasteiger partial charge in [-0.3, -0.25) is 9.80 Å². The molecule has 2 saturated heterocycles. The Kier molecular flexibility index (Phi) is 8.78. The van der Waals surface area contributed by atoms with Crippen LogP contribution in [0, 0.1) is 0 Å². The summed E-state index contributed by atoms with van der Waals surface area (Å²) in [6.07, 6.45) is 0.